The van der Waals surface area contributed by atoms with Crippen molar-refractivity contribution in [3.8, 4) is 107 Å². The second kappa shape index (κ2) is 20.4. The Morgan fingerprint density at radius 2 is 0.978 bits per heavy atom. The molecule has 0 aliphatic heterocycles. The van der Waals surface area contributed by atoms with E-state index in [0.717, 1.165) is 78.4 Å². The number of hydrogen-bond donors (Lipinski definition) is 0. The molecule has 0 amide bonds. The van der Waals surface area contributed by atoms with Gasteiger partial charge in [-0.25, -0.2) is 9.97 Å². The molecule has 2 aliphatic rings. The van der Waals surface area contributed by atoms with E-state index in [9.17, 15) is 5.26 Å². The summed E-state index contributed by atoms with van der Waals surface area (Å²) in [6.07, 6.45) is 2.61. The minimum absolute atomic E-state index is 0.139. The first-order chi connectivity index (χ1) is 43.7. The summed E-state index contributed by atoms with van der Waals surface area (Å²) < 4.78 is 2.46. The number of rotatable bonds is 9. The first kappa shape index (κ1) is 52.4. The Morgan fingerprint density at radius 3 is 1.73 bits per heavy atom. The lowest BCUT2D eigenvalue weighted by Gasteiger charge is -2.29. The van der Waals surface area contributed by atoms with Gasteiger partial charge in [0.25, 0.3) is 0 Å². The fraction of sp³-hybridized carbons (Fsp3) is 0.0714. The van der Waals surface area contributed by atoms with Gasteiger partial charge in [0.2, 0.25) is 0 Å². The van der Waals surface area contributed by atoms with Gasteiger partial charge in [-0.05, 0) is 149 Å². The number of nitriles is 1. The molecule has 0 N–H and O–H groups in total. The van der Waals surface area contributed by atoms with Crippen molar-refractivity contribution in [1.82, 2.24) is 15.0 Å². The van der Waals surface area contributed by atoms with Crippen LogP contribution >= 0.6 is 11.3 Å². The zero-order valence-electron chi connectivity index (χ0n) is 49.4. The lowest BCUT2D eigenvalue weighted by atomic mass is 9.74. The molecule has 89 heavy (non-hydrogen) atoms. The van der Waals surface area contributed by atoms with Crippen molar-refractivity contribution in [2.45, 2.75) is 38.0 Å². The number of thiophene rings is 1. The van der Waals surface area contributed by atoms with Crippen molar-refractivity contribution in [1.29, 1.82) is 5.26 Å². The Bertz CT molecular complexity index is 5430. The molecule has 0 fully saturated rings. The molecule has 0 bridgehead atoms. The summed E-state index contributed by atoms with van der Waals surface area (Å²) in [5.41, 5.74) is 28.1. The number of hydrogen-bond acceptors (Lipinski definition) is 5. The number of fused-ring (bicyclic) bond motifs is 11. The van der Waals surface area contributed by atoms with Crippen LogP contribution < -0.4 is 0 Å². The lowest BCUT2D eigenvalue weighted by molar-refractivity contribution is 0.583. The van der Waals surface area contributed by atoms with E-state index in [1.54, 1.807) is 0 Å². The van der Waals surface area contributed by atoms with E-state index in [0.29, 0.717) is 11.4 Å². The van der Waals surface area contributed by atoms with Crippen LogP contribution in [0.3, 0.4) is 0 Å². The van der Waals surface area contributed by atoms with Crippen molar-refractivity contribution < 1.29 is 0 Å². The van der Waals surface area contributed by atoms with E-state index >= 15 is 0 Å². The largest absolute Gasteiger partial charge is 0.256 e. The molecule has 0 spiro atoms. The van der Waals surface area contributed by atoms with Gasteiger partial charge >= 0.3 is 0 Å². The molecule has 12 aromatic carbocycles. The average Bonchev–Trinajstić information content (AvgIpc) is 1.61. The predicted octanol–water partition coefficient (Wildman–Crippen LogP) is 21.9. The first-order valence-corrected chi connectivity index (χ1v) is 31.4. The molecule has 2 aliphatic carbocycles. The smallest absolute Gasteiger partial charge is 0.160 e. The summed E-state index contributed by atoms with van der Waals surface area (Å²) in [5.74, 6) is 0.691. The zero-order chi connectivity index (χ0) is 59.5. The molecule has 3 heterocycles. The Kier molecular flexibility index (Phi) is 12.0. The number of benzene rings is 12. The molecule has 1 atom stereocenters. The third-order valence-electron chi connectivity index (χ3n) is 19.3. The van der Waals surface area contributed by atoms with Crippen molar-refractivity contribution in [3.63, 3.8) is 0 Å². The minimum Gasteiger partial charge on any atom is -0.256 e. The summed E-state index contributed by atoms with van der Waals surface area (Å²) in [6, 6.07) is 99.4. The number of para-hydroxylation sites is 2. The quantitative estimate of drug-likeness (QED) is 0.144. The zero-order valence-corrected chi connectivity index (χ0v) is 50.2. The van der Waals surface area contributed by atoms with Crippen LogP contribution in [0.15, 0.2) is 273 Å². The maximum Gasteiger partial charge on any atom is 0.160 e. The van der Waals surface area contributed by atoms with E-state index < -0.39 is 5.41 Å². The molecule has 1 unspecified atom stereocenters. The molecule has 0 saturated carbocycles. The van der Waals surface area contributed by atoms with E-state index in [-0.39, 0.29) is 5.41 Å². The van der Waals surface area contributed by atoms with E-state index in [2.05, 4.69) is 276 Å². The normalized spacial score (nSPS) is 14.4. The molecule has 5 heteroatoms. The van der Waals surface area contributed by atoms with Gasteiger partial charge in [-0.2, -0.15) is 5.26 Å². The molecule has 3 aromatic heterocycles. The van der Waals surface area contributed by atoms with Crippen LogP contribution in [0, 0.1) is 11.3 Å². The highest BCUT2D eigenvalue weighted by molar-refractivity contribution is 7.26. The van der Waals surface area contributed by atoms with Crippen LogP contribution in [0.5, 0.6) is 0 Å². The fourth-order valence-electron chi connectivity index (χ4n) is 15.0. The number of nitrogens with zero attached hydrogens (tertiary/aromatic N) is 4. The Labute approximate surface area is 521 Å². The number of aromatic nitrogens is 3. The second-order valence-electron chi connectivity index (χ2n) is 24.7. The highest BCUT2D eigenvalue weighted by atomic mass is 32.1. The topological polar surface area (TPSA) is 62.5 Å². The maximum absolute atomic E-state index is 9.89. The fourth-order valence-corrected chi connectivity index (χ4v) is 16.2. The summed E-state index contributed by atoms with van der Waals surface area (Å²) in [6.45, 7) is 7.16. The highest BCUT2D eigenvalue weighted by Gasteiger charge is 2.42. The molecular formula is C84H56N4S. The third-order valence-corrected chi connectivity index (χ3v) is 20.5. The second-order valence-corrected chi connectivity index (χ2v) is 25.7. The van der Waals surface area contributed by atoms with E-state index in [1.165, 1.54) is 92.5 Å². The molecule has 0 saturated heterocycles. The van der Waals surface area contributed by atoms with Crippen LogP contribution in [0.2, 0.25) is 0 Å². The van der Waals surface area contributed by atoms with Crippen molar-refractivity contribution in [2.24, 2.45) is 0 Å². The van der Waals surface area contributed by atoms with Gasteiger partial charge in [0.05, 0.1) is 28.4 Å². The van der Waals surface area contributed by atoms with Gasteiger partial charge < -0.3 is 0 Å². The van der Waals surface area contributed by atoms with Crippen LogP contribution in [0.1, 0.15) is 54.2 Å². The molecule has 0 radical (unpaired) electrons. The van der Waals surface area contributed by atoms with Gasteiger partial charge in [-0.15, -0.1) is 11.3 Å². The van der Waals surface area contributed by atoms with Crippen molar-refractivity contribution in [2.75, 3.05) is 0 Å². The summed E-state index contributed by atoms with van der Waals surface area (Å²) in [4.78, 5) is 15.9. The van der Waals surface area contributed by atoms with Crippen LogP contribution in [0.25, 0.3) is 143 Å². The van der Waals surface area contributed by atoms with Crippen LogP contribution in [0.4, 0.5) is 0 Å². The molecular weight excluding hydrogens is 1100 g/mol. The molecule has 4 nitrogen and oxygen atoms in total. The SMILES string of the molecule is CC1(C)c2ccccc2-c2c1ccc(-c1ccccc1)c2-c1ccc(-c2nc(-c3cc(CC4(C)c5ccccc5-c5c4ccc(-c4ccc(C#N)cc4)c5-c4ccc(-c5cccc6cccnc56)cc4)cc4c3sc3ccccc34)c3ccccc3n2)cc1. The number of pyridine rings is 1. The third kappa shape index (κ3) is 8.28. The Balaban J connectivity index is 0.818. The van der Waals surface area contributed by atoms with E-state index in [1.807, 2.05) is 35.7 Å². The molecule has 418 valence electrons. The van der Waals surface area contributed by atoms with Gasteiger partial charge in [0.1, 0.15) is 0 Å². The summed E-state index contributed by atoms with van der Waals surface area (Å²) in [7, 11) is 0. The average molecular weight is 1150 g/mol. The van der Waals surface area contributed by atoms with Crippen LogP contribution in [-0.2, 0) is 17.3 Å². The van der Waals surface area contributed by atoms with Gasteiger partial charge in [-0.1, -0.05) is 245 Å². The van der Waals surface area contributed by atoms with Gasteiger partial charge in [0, 0.05) is 64.7 Å². The van der Waals surface area contributed by atoms with E-state index in [4.69, 9.17) is 15.0 Å². The Hall–Kier alpha value is -10.9. The minimum atomic E-state index is -0.438. The highest BCUT2D eigenvalue weighted by Crippen LogP contribution is 2.58. The first-order valence-electron chi connectivity index (χ1n) is 30.6. The monoisotopic (exact) mass is 1150 g/mol. The lowest BCUT2D eigenvalue weighted by Crippen LogP contribution is -2.24. The van der Waals surface area contributed by atoms with Gasteiger partial charge in [-0.3, -0.25) is 4.98 Å². The maximum atomic E-state index is 9.89. The predicted molar refractivity (Wildman–Crippen MR) is 370 cm³/mol. The van der Waals surface area contributed by atoms with Crippen molar-refractivity contribution >= 4 is 53.3 Å². The summed E-state index contributed by atoms with van der Waals surface area (Å²) in [5, 5.41) is 14.5. The van der Waals surface area contributed by atoms with Gasteiger partial charge in [0.15, 0.2) is 5.82 Å². The Morgan fingerprint density at radius 1 is 0.404 bits per heavy atom. The summed E-state index contributed by atoms with van der Waals surface area (Å²) >= 11 is 1.84. The molecule has 15 aromatic rings. The van der Waals surface area contributed by atoms with Crippen molar-refractivity contribution in [3.05, 3.63) is 306 Å². The standard InChI is InChI=1S/C84H56N4S/c1-83(2)69-26-11-7-22-64(69)77-71(83)44-42-60(53-17-5-4-6-18-53)75(77)57-38-40-59(41-39-57)82-87-73-28-13-9-24-66(73)80(88-82)68-48-52(47-67-63-21-10-14-29-74(63)89-81(67)68)49-84(3)70-27-12-8-23-65(70)78-72(84)45-43-61(54-32-30-51(50-85)31-33-54)76(78)56-36-34-55(35-37-56)62-25-15-19-58-20-16-46-86-79(58)62/h4-48H,49H2,1-3H3. The molecule has 17 rings (SSSR count). The van der Waals surface area contributed by atoms with Crippen LogP contribution in [-0.4, -0.2) is 15.0 Å².